The van der Waals surface area contributed by atoms with Crippen LogP contribution in [0.1, 0.15) is 29.4 Å². The van der Waals surface area contributed by atoms with E-state index in [2.05, 4.69) is 5.32 Å². The highest BCUT2D eigenvalue weighted by molar-refractivity contribution is 7.89. The van der Waals surface area contributed by atoms with Gasteiger partial charge in [-0.1, -0.05) is 30.3 Å². The number of rotatable bonds is 8. The first-order valence-corrected chi connectivity index (χ1v) is 13.9. The number of benzene rings is 2. The molecule has 1 atom stereocenters. The van der Waals surface area contributed by atoms with Crippen LogP contribution in [0.2, 0.25) is 0 Å². The SMILES string of the molecule is CCOC(=O)c1sc(-c2ccccc2)cc1NC(=O)C1CCCN(S(=O)(=O)c2ccc(OC)cc2)C1. The van der Waals surface area contributed by atoms with Crippen LogP contribution >= 0.6 is 11.3 Å². The maximum Gasteiger partial charge on any atom is 0.350 e. The van der Waals surface area contributed by atoms with Crippen LogP contribution in [0.25, 0.3) is 10.4 Å². The van der Waals surface area contributed by atoms with Crippen LogP contribution in [0.15, 0.2) is 65.6 Å². The second kappa shape index (κ2) is 11.2. The molecule has 190 valence electrons. The Kier molecular flexibility index (Phi) is 8.07. The molecule has 1 aliphatic rings. The number of hydrogen-bond donors (Lipinski definition) is 1. The second-order valence-corrected chi connectivity index (χ2v) is 11.3. The molecule has 8 nitrogen and oxygen atoms in total. The van der Waals surface area contributed by atoms with E-state index in [1.165, 1.54) is 34.9 Å². The quantitative estimate of drug-likeness (QED) is 0.428. The van der Waals surface area contributed by atoms with E-state index in [-0.39, 0.29) is 24.0 Å². The average molecular weight is 529 g/mol. The summed E-state index contributed by atoms with van der Waals surface area (Å²) in [4.78, 5) is 27.1. The highest BCUT2D eigenvalue weighted by atomic mass is 32.2. The van der Waals surface area contributed by atoms with Crippen molar-refractivity contribution in [2.24, 2.45) is 5.92 Å². The van der Waals surface area contributed by atoms with Crippen LogP contribution in [-0.2, 0) is 19.6 Å². The number of nitrogens with zero attached hydrogens (tertiary/aromatic N) is 1. The van der Waals surface area contributed by atoms with Gasteiger partial charge in [0.25, 0.3) is 0 Å². The molecule has 0 radical (unpaired) electrons. The summed E-state index contributed by atoms with van der Waals surface area (Å²) in [6.45, 7) is 2.33. The lowest BCUT2D eigenvalue weighted by atomic mass is 9.98. The first kappa shape index (κ1) is 25.9. The Labute approximate surface area is 214 Å². The van der Waals surface area contributed by atoms with Gasteiger partial charge in [-0.15, -0.1) is 11.3 Å². The zero-order chi connectivity index (χ0) is 25.7. The van der Waals surface area contributed by atoms with Gasteiger partial charge in [-0.3, -0.25) is 4.79 Å². The van der Waals surface area contributed by atoms with E-state index in [1.807, 2.05) is 30.3 Å². The van der Waals surface area contributed by atoms with Gasteiger partial charge < -0.3 is 14.8 Å². The lowest BCUT2D eigenvalue weighted by Gasteiger charge is -2.31. The number of anilines is 1. The summed E-state index contributed by atoms with van der Waals surface area (Å²) in [7, 11) is -2.25. The molecule has 0 bridgehead atoms. The Hall–Kier alpha value is -3.21. The van der Waals surface area contributed by atoms with Crippen LogP contribution in [0.5, 0.6) is 5.75 Å². The first-order chi connectivity index (χ1) is 17.3. The first-order valence-electron chi connectivity index (χ1n) is 11.6. The van der Waals surface area contributed by atoms with E-state index in [0.29, 0.717) is 35.7 Å². The number of carbonyl (C=O) groups is 2. The fraction of sp³-hybridized carbons (Fsp3) is 0.308. The normalized spacial score (nSPS) is 16.3. The maximum absolute atomic E-state index is 13.2. The lowest BCUT2D eigenvalue weighted by molar-refractivity contribution is -0.120. The highest BCUT2D eigenvalue weighted by Gasteiger charge is 2.34. The smallest absolute Gasteiger partial charge is 0.350 e. The molecular formula is C26H28N2O6S2. The molecule has 1 saturated heterocycles. The van der Waals surface area contributed by atoms with Crippen LogP contribution in [0.4, 0.5) is 5.69 Å². The van der Waals surface area contributed by atoms with E-state index >= 15 is 0 Å². The van der Waals surface area contributed by atoms with E-state index in [4.69, 9.17) is 9.47 Å². The minimum Gasteiger partial charge on any atom is -0.497 e. The molecule has 2 heterocycles. The van der Waals surface area contributed by atoms with Gasteiger partial charge in [-0.2, -0.15) is 4.31 Å². The van der Waals surface area contributed by atoms with Crippen LogP contribution in [0, 0.1) is 5.92 Å². The van der Waals surface area contributed by atoms with Crippen molar-refractivity contribution in [1.29, 1.82) is 0 Å². The largest absolute Gasteiger partial charge is 0.497 e. The molecule has 4 rings (SSSR count). The van der Waals surface area contributed by atoms with E-state index in [0.717, 1.165) is 10.4 Å². The van der Waals surface area contributed by atoms with Crippen molar-refractivity contribution in [3.8, 4) is 16.2 Å². The molecule has 1 aromatic heterocycles. The summed E-state index contributed by atoms with van der Waals surface area (Å²) < 4.78 is 38.0. The number of hydrogen-bond acceptors (Lipinski definition) is 7. The van der Waals surface area contributed by atoms with Gasteiger partial charge in [-0.05, 0) is 55.7 Å². The fourth-order valence-electron chi connectivity index (χ4n) is 4.08. The van der Waals surface area contributed by atoms with Crippen LogP contribution in [0.3, 0.4) is 0 Å². The Bertz CT molecular complexity index is 1320. The standard InChI is InChI=1S/C26H28N2O6S2/c1-3-34-26(30)24-22(16-23(35-24)18-8-5-4-6-9-18)27-25(29)19-10-7-15-28(17-19)36(31,32)21-13-11-20(33-2)12-14-21/h4-6,8-9,11-14,16,19H,3,7,10,15,17H2,1-2H3,(H,27,29). The van der Waals surface area contributed by atoms with E-state index in [1.54, 1.807) is 25.1 Å². The van der Waals surface area contributed by atoms with Crippen molar-refractivity contribution >= 4 is 38.9 Å². The predicted octanol–water partition coefficient (Wildman–Crippen LogP) is 4.64. The van der Waals surface area contributed by atoms with Gasteiger partial charge in [0.2, 0.25) is 15.9 Å². The third kappa shape index (κ3) is 5.61. The molecule has 1 N–H and O–H groups in total. The molecule has 1 aliphatic heterocycles. The number of sulfonamides is 1. The van der Waals surface area contributed by atoms with Crippen molar-refractivity contribution in [2.45, 2.75) is 24.7 Å². The Morgan fingerprint density at radius 3 is 2.50 bits per heavy atom. The molecule has 3 aromatic rings. The number of amides is 1. The summed E-state index contributed by atoms with van der Waals surface area (Å²) in [5.74, 6) is -0.824. The van der Waals surface area contributed by atoms with E-state index < -0.39 is 21.9 Å². The average Bonchev–Trinajstić information content (AvgIpc) is 3.33. The van der Waals surface area contributed by atoms with Gasteiger partial charge >= 0.3 is 5.97 Å². The van der Waals surface area contributed by atoms with Gasteiger partial charge in [-0.25, -0.2) is 13.2 Å². The van der Waals surface area contributed by atoms with Gasteiger partial charge in [0, 0.05) is 18.0 Å². The van der Waals surface area contributed by atoms with Crippen molar-refractivity contribution in [3.63, 3.8) is 0 Å². The topological polar surface area (TPSA) is 102 Å². The number of piperidine rings is 1. The zero-order valence-corrected chi connectivity index (χ0v) is 21.7. The monoisotopic (exact) mass is 528 g/mol. The number of nitrogens with one attached hydrogen (secondary N) is 1. The third-order valence-corrected chi connectivity index (χ3v) is 9.00. The number of thiophene rings is 1. The Morgan fingerprint density at radius 1 is 1.11 bits per heavy atom. The van der Waals surface area contributed by atoms with Crippen molar-refractivity contribution in [3.05, 3.63) is 65.5 Å². The van der Waals surface area contributed by atoms with Crippen LogP contribution < -0.4 is 10.1 Å². The van der Waals surface area contributed by atoms with E-state index in [9.17, 15) is 18.0 Å². The third-order valence-electron chi connectivity index (χ3n) is 5.96. The molecule has 1 unspecified atom stereocenters. The summed E-state index contributed by atoms with van der Waals surface area (Å²) in [6.07, 6.45) is 1.10. The molecule has 1 fully saturated rings. The molecule has 2 aromatic carbocycles. The van der Waals surface area contributed by atoms with Gasteiger partial charge in [0.1, 0.15) is 10.6 Å². The summed E-state index contributed by atoms with van der Waals surface area (Å²) in [6, 6.07) is 17.5. The molecule has 0 spiro atoms. The molecule has 1 amide bonds. The second-order valence-electron chi connectivity index (χ2n) is 8.31. The Morgan fingerprint density at radius 2 is 1.83 bits per heavy atom. The number of ether oxygens (including phenoxy) is 2. The lowest BCUT2D eigenvalue weighted by Crippen LogP contribution is -2.43. The van der Waals surface area contributed by atoms with Gasteiger partial charge in [0.05, 0.1) is 30.2 Å². The van der Waals surface area contributed by atoms with Crippen molar-refractivity contribution in [2.75, 3.05) is 32.1 Å². The molecule has 10 heteroatoms. The number of methoxy groups -OCH3 is 1. The maximum atomic E-state index is 13.2. The molecular weight excluding hydrogens is 500 g/mol. The number of carbonyl (C=O) groups excluding carboxylic acids is 2. The number of esters is 1. The summed E-state index contributed by atoms with van der Waals surface area (Å²) in [5.41, 5.74) is 1.29. The van der Waals surface area contributed by atoms with Gasteiger partial charge in [0.15, 0.2) is 0 Å². The van der Waals surface area contributed by atoms with Crippen LogP contribution in [-0.4, -0.2) is 51.4 Å². The minimum atomic E-state index is -3.76. The van der Waals surface area contributed by atoms with Crippen molar-refractivity contribution in [1.82, 2.24) is 4.31 Å². The molecule has 0 saturated carbocycles. The zero-order valence-electron chi connectivity index (χ0n) is 20.1. The Balaban J connectivity index is 1.53. The summed E-state index contributed by atoms with van der Waals surface area (Å²) >= 11 is 1.25. The minimum absolute atomic E-state index is 0.0601. The van der Waals surface area contributed by atoms with Crippen molar-refractivity contribution < 1.29 is 27.5 Å². The highest BCUT2D eigenvalue weighted by Crippen LogP contribution is 2.36. The molecule has 36 heavy (non-hydrogen) atoms. The summed E-state index contributed by atoms with van der Waals surface area (Å²) in [5, 5.41) is 2.87. The predicted molar refractivity (Wildman–Crippen MR) is 139 cm³/mol. The molecule has 0 aliphatic carbocycles. The fourth-order valence-corrected chi connectivity index (χ4v) is 6.62.